The van der Waals surface area contributed by atoms with E-state index in [1.54, 1.807) is 0 Å². The van der Waals surface area contributed by atoms with Crippen LogP contribution in [0.15, 0.2) is 66.2 Å². The molecule has 0 bridgehead atoms. The number of benzene rings is 3. The molecule has 0 saturated heterocycles. The fourth-order valence-electron chi connectivity index (χ4n) is 5.18. The zero-order chi connectivity index (χ0) is 18.6. The molecule has 3 aromatic carbocycles. The van der Waals surface area contributed by atoms with Crippen molar-refractivity contribution >= 4 is 70.4 Å². The van der Waals surface area contributed by atoms with E-state index in [0.717, 1.165) is 0 Å². The highest BCUT2D eigenvalue weighted by Crippen LogP contribution is 2.43. The van der Waals surface area contributed by atoms with Crippen molar-refractivity contribution < 1.29 is 4.57 Å². The lowest BCUT2D eigenvalue weighted by atomic mass is 9.99. The van der Waals surface area contributed by atoms with Crippen LogP contribution >= 0.6 is 11.3 Å². The molecule has 0 unspecified atom stereocenters. The first-order valence-electron chi connectivity index (χ1n) is 9.60. The lowest BCUT2D eigenvalue weighted by Crippen LogP contribution is -2.28. The summed E-state index contributed by atoms with van der Waals surface area (Å²) < 4.78 is 6.20. The van der Waals surface area contributed by atoms with Gasteiger partial charge in [0.25, 0.3) is 0 Å². The largest absolute Gasteiger partial charge is 0.306 e. The van der Waals surface area contributed by atoms with Gasteiger partial charge in [-0.05, 0) is 46.8 Å². The maximum Gasteiger partial charge on any atom is 0.224 e. The summed E-state index contributed by atoms with van der Waals surface area (Å²) in [5.41, 5.74) is 6.66. The van der Waals surface area contributed by atoms with Crippen LogP contribution in [0.1, 0.15) is 5.56 Å². The Hall–Kier alpha value is -3.17. The van der Waals surface area contributed by atoms with E-state index in [1.165, 1.54) is 64.6 Å². The molecular formula is C25H17N2S+. The van der Waals surface area contributed by atoms with E-state index in [1.807, 2.05) is 11.3 Å². The van der Waals surface area contributed by atoms with Crippen LogP contribution in [0.25, 0.3) is 59.1 Å². The molecule has 0 amide bonds. The second-order valence-electron chi connectivity index (χ2n) is 7.81. The van der Waals surface area contributed by atoms with Crippen LogP contribution in [0.5, 0.6) is 0 Å². The minimum absolute atomic E-state index is 1.30. The molecule has 132 valence electrons. The molecular weight excluding hydrogens is 360 g/mol. The summed E-state index contributed by atoms with van der Waals surface area (Å²) in [6, 6.07) is 20.2. The molecule has 0 saturated carbocycles. The Morgan fingerprint density at radius 1 is 0.857 bits per heavy atom. The highest BCUT2D eigenvalue weighted by molar-refractivity contribution is 7.18. The van der Waals surface area contributed by atoms with Crippen LogP contribution in [0.2, 0.25) is 0 Å². The van der Waals surface area contributed by atoms with Gasteiger partial charge in [-0.25, -0.2) is 4.57 Å². The predicted octanol–water partition coefficient (Wildman–Crippen LogP) is 6.34. The van der Waals surface area contributed by atoms with Crippen LogP contribution in [-0.4, -0.2) is 4.40 Å². The van der Waals surface area contributed by atoms with E-state index in [0.29, 0.717) is 0 Å². The van der Waals surface area contributed by atoms with Crippen molar-refractivity contribution in [3.8, 4) is 0 Å². The number of pyridine rings is 2. The second-order valence-corrected chi connectivity index (χ2v) is 8.73. The third kappa shape index (κ3) is 1.55. The lowest BCUT2D eigenvalue weighted by molar-refractivity contribution is -0.643. The Labute approximate surface area is 165 Å². The minimum Gasteiger partial charge on any atom is -0.306 e. The molecule has 3 heteroatoms. The minimum atomic E-state index is 1.30. The van der Waals surface area contributed by atoms with Gasteiger partial charge in [0.1, 0.15) is 7.05 Å². The number of para-hydroxylation sites is 1. The first-order chi connectivity index (χ1) is 13.7. The van der Waals surface area contributed by atoms with Gasteiger partial charge in [0.15, 0.2) is 6.20 Å². The van der Waals surface area contributed by atoms with E-state index in [2.05, 4.69) is 89.1 Å². The van der Waals surface area contributed by atoms with Gasteiger partial charge in [-0.1, -0.05) is 30.3 Å². The molecule has 0 fully saturated rings. The smallest absolute Gasteiger partial charge is 0.224 e. The predicted molar refractivity (Wildman–Crippen MR) is 120 cm³/mol. The molecule has 7 aromatic rings. The normalized spacial score (nSPS) is 12.6. The van der Waals surface area contributed by atoms with Gasteiger partial charge < -0.3 is 4.40 Å². The monoisotopic (exact) mass is 377 g/mol. The van der Waals surface area contributed by atoms with E-state index in [9.17, 15) is 0 Å². The van der Waals surface area contributed by atoms with Crippen LogP contribution in [0.3, 0.4) is 0 Å². The summed E-state index contributed by atoms with van der Waals surface area (Å²) in [5, 5.41) is 10.3. The maximum atomic E-state index is 2.53. The molecule has 0 aliphatic carbocycles. The van der Waals surface area contributed by atoms with Crippen molar-refractivity contribution in [1.29, 1.82) is 0 Å². The topological polar surface area (TPSA) is 8.29 Å². The van der Waals surface area contributed by atoms with Gasteiger partial charge in [0.05, 0.1) is 32.0 Å². The lowest BCUT2D eigenvalue weighted by Gasteiger charge is -2.13. The first kappa shape index (κ1) is 14.8. The first-order valence-corrected chi connectivity index (χ1v) is 10.5. The zero-order valence-electron chi connectivity index (χ0n) is 15.7. The molecule has 0 N–H and O–H groups in total. The van der Waals surface area contributed by atoms with E-state index < -0.39 is 0 Å². The van der Waals surface area contributed by atoms with E-state index >= 15 is 0 Å². The van der Waals surface area contributed by atoms with Gasteiger partial charge in [0, 0.05) is 16.8 Å². The van der Waals surface area contributed by atoms with Gasteiger partial charge >= 0.3 is 0 Å². The fraction of sp³-hybridized carbons (Fsp3) is 0.0800. The van der Waals surface area contributed by atoms with Crippen LogP contribution < -0.4 is 4.57 Å². The van der Waals surface area contributed by atoms with Crippen molar-refractivity contribution in [3.05, 3.63) is 71.7 Å². The average Bonchev–Trinajstić information content (AvgIpc) is 3.31. The Morgan fingerprint density at radius 3 is 2.68 bits per heavy atom. The average molecular weight is 377 g/mol. The quantitative estimate of drug-likeness (QED) is 0.166. The molecule has 2 nitrogen and oxygen atoms in total. The Kier molecular flexibility index (Phi) is 2.55. The molecule has 4 heterocycles. The summed E-state index contributed by atoms with van der Waals surface area (Å²) in [6.45, 7) is 2.26. The van der Waals surface area contributed by atoms with E-state index in [-0.39, 0.29) is 0 Å². The molecule has 28 heavy (non-hydrogen) atoms. The molecule has 0 aliphatic rings. The highest BCUT2D eigenvalue weighted by atomic mass is 32.1. The van der Waals surface area contributed by atoms with Crippen molar-refractivity contribution in [2.75, 3.05) is 0 Å². The van der Waals surface area contributed by atoms with Crippen molar-refractivity contribution in [3.63, 3.8) is 0 Å². The van der Waals surface area contributed by atoms with Crippen LogP contribution in [0, 0.1) is 6.92 Å². The number of hydrogen-bond donors (Lipinski definition) is 0. The number of thiophene rings is 1. The number of fused-ring (bicyclic) bond motifs is 8. The van der Waals surface area contributed by atoms with Crippen molar-refractivity contribution in [1.82, 2.24) is 4.40 Å². The van der Waals surface area contributed by atoms with Crippen LogP contribution in [-0.2, 0) is 7.05 Å². The Bertz CT molecular complexity index is 1730. The highest BCUT2D eigenvalue weighted by Gasteiger charge is 2.25. The summed E-state index contributed by atoms with van der Waals surface area (Å²) in [5.74, 6) is 0. The zero-order valence-corrected chi connectivity index (χ0v) is 16.5. The van der Waals surface area contributed by atoms with Gasteiger partial charge in [0.2, 0.25) is 5.52 Å². The third-order valence-corrected chi connectivity index (χ3v) is 7.25. The standard InChI is InChI=1S/C25H17N2S/c1-14-13-16-10-12-28-25(16)24-20(14)23-21-15(9-11-26(23)2)7-8-18-17-5-3-4-6-19(17)27(24)22(18)21/h3-13H,1-2H3/q+1. The van der Waals surface area contributed by atoms with Gasteiger partial charge in [-0.15, -0.1) is 11.3 Å². The molecule has 0 atom stereocenters. The molecule has 4 aromatic heterocycles. The summed E-state index contributed by atoms with van der Waals surface area (Å²) in [6.07, 6.45) is 2.20. The summed E-state index contributed by atoms with van der Waals surface area (Å²) >= 11 is 1.85. The molecule has 0 spiro atoms. The Balaban J connectivity index is 2.05. The number of nitrogens with zero attached hydrogens (tertiary/aromatic N) is 2. The second kappa shape index (κ2) is 4.81. The SMILES string of the molecule is Cc1cc2ccsc2c2c1c1c3c(ccc4c5ccccc5n2c43)cc[n+]1C. The van der Waals surface area contributed by atoms with E-state index in [4.69, 9.17) is 0 Å². The van der Waals surface area contributed by atoms with Gasteiger partial charge in [-0.3, -0.25) is 0 Å². The van der Waals surface area contributed by atoms with Gasteiger partial charge in [-0.2, -0.15) is 0 Å². The number of aryl methyl sites for hydroxylation is 2. The summed E-state index contributed by atoms with van der Waals surface area (Å²) in [4.78, 5) is 0. The number of rotatable bonds is 0. The van der Waals surface area contributed by atoms with Crippen molar-refractivity contribution in [2.24, 2.45) is 7.05 Å². The number of hydrogen-bond acceptors (Lipinski definition) is 1. The maximum absolute atomic E-state index is 2.53. The molecule has 0 radical (unpaired) electrons. The fourth-order valence-corrected chi connectivity index (χ4v) is 6.10. The molecule has 7 rings (SSSR count). The summed E-state index contributed by atoms with van der Waals surface area (Å²) in [7, 11) is 2.17. The third-order valence-electron chi connectivity index (χ3n) is 6.31. The van der Waals surface area contributed by atoms with Crippen molar-refractivity contribution in [2.45, 2.75) is 6.92 Å². The Morgan fingerprint density at radius 2 is 1.75 bits per heavy atom. The number of aromatic nitrogens is 2. The van der Waals surface area contributed by atoms with Crippen LogP contribution in [0.4, 0.5) is 0 Å². The molecule has 0 aliphatic heterocycles.